The number of rotatable bonds is 8. The zero-order chi connectivity index (χ0) is 72.6. The van der Waals surface area contributed by atoms with Crippen LogP contribution in [0, 0.1) is 47.3 Å². The molecule has 0 unspecified atom stereocenters. The van der Waals surface area contributed by atoms with E-state index in [-0.39, 0.29) is 27.1 Å². The third-order valence-electron chi connectivity index (χ3n) is 30.5. The maximum Gasteiger partial charge on any atom is 0.0465 e. The molecule has 0 heterocycles. The Bertz CT molecular complexity index is 5770. The number of benzene rings is 13. The van der Waals surface area contributed by atoms with E-state index in [9.17, 15) is 0 Å². The number of hydrogen-bond acceptors (Lipinski definition) is 2. The molecule has 2 spiro atoms. The molecule has 8 fully saturated rings. The largest absolute Gasteiger partial charge is 0.310 e. The Labute approximate surface area is 644 Å². The quantitative estimate of drug-likeness (QED) is 0.150. The fraction of sp³-hybridized carbons (Fsp3) is 0.271. The highest BCUT2D eigenvalue weighted by atomic mass is 15.1. The normalized spacial score (nSPS) is 25.3. The molecule has 0 atom stereocenters. The molecule has 0 aromatic heterocycles. The van der Waals surface area contributed by atoms with Crippen molar-refractivity contribution in [1.29, 1.82) is 0 Å². The molecule has 26 rings (SSSR count). The highest BCUT2D eigenvalue weighted by Gasteiger charge is 2.63. The molecule has 13 aromatic carbocycles. The number of anilines is 6. The molecule has 0 saturated heterocycles. The molecule has 0 N–H and O–H groups in total. The van der Waals surface area contributed by atoms with Crippen LogP contribution in [-0.2, 0) is 27.1 Å². The van der Waals surface area contributed by atoms with Crippen LogP contribution in [-0.4, -0.2) is 0 Å². The standard InChI is InChI=1S/C58H51N.C49H43N/c1-56(2)50-14-8-5-11-44(50)47-24-22-42(33-54(47)56)59(43-23-25-48-45-12-6-9-15-51(45)57(3,4)55(48)34-43)41-20-17-37(18-21-41)38-19-26-53-49(32-38)46-13-7-10-16-52(46)58(53)39-28-35-27-36(30-39)31-40(58)29-35;1-48(2)44-14-8-6-12-40(44)42-22-21-39(30-47(42)48)50(37-10-4-3-5-11-37)38-19-16-33(17-20-38)34-18-23-46-43(29-34)41-13-7-9-15-45(41)49(46)35-25-31-24-32(27-35)28-36(49)26-31/h5-26,32-36,39-40H,27-31H2,1-4H3;3-23,29-32,35-36H,24-28H2,1-2H3. The Balaban J connectivity index is 0.000000133. The van der Waals surface area contributed by atoms with E-state index in [1.807, 2.05) is 0 Å². The lowest BCUT2D eigenvalue weighted by molar-refractivity contribution is -0.0399. The Morgan fingerprint density at radius 2 is 0.440 bits per heavy atom. The fourth-order valence-electron chi connectivity index (χ4n) is 26.2. The smallest absolute Gasteiger partial charge is 0.0465 e. The van der Waals surface area contributed by atoms with Crippen molar-refractivity contribution in [1.82, 2.24) is 0 Å². The zero-order valence-electron chi connectivity index (χ0n) is 63.8. The zero-order valence-corrected chi connectivity index (χ0v) is 63.8. The van der Waals surface area contributed by atoms with E-state index in [0.29, 0.717) is 0 Å². The molecule has 8 bridgehead atoms. The van der Waals surface area contributed by atoms with Crippen LogP contribution >= 0.6 is 0 Å². The molecule has 13 aliphatic rings. The number of nitrogens with zero attached hydrogens (tertiary/aromatic N) is 2. The molecular formula is C107H94N2. The van der Waals surface area contributed by atoms with Gasteiger partial charge in [-0.05, 0) is 330 Å². The van der Waals surface area contributed by atoms with Crippen LogP contribution in [0.15, 0.2) is 291 Å². The molecule has 13 aliphatic carbocycles. The fourth-order valence-corrected chi connectivity index (χ4v) is 26.2. The van der Waals surface area contributed by atoms with E-state index in [1.165, 1.54) is 210 Å². The van der Waals surface area contributed by atoms with Gasteiger partial charge < -0.3 is 9.80 Å². The number of para-hydroxylation sites is 1. The van der Waals surface area contributed by atoms with Crippen LogP contribution in [0.4, 0.5) is 34.1 Å². The summed E-state index contributed by atoms with van der Waals surface area (Å²) in [6, 6.07) is 112. The van der Waals surface area contributed by atoms with Crippen LogP contribution in [0.3, 0.4) is 0 Å². The van der Waals surface area contributed by atoms with Gasteiger partial charge in [0.1, 0.15) is 0 Å². The van der Waals surface area contributed by atoms with Crippen molar-refractivity contribution in [2.45, 2.75) is 133 Å². The SMILES string of the molecule is CC1(C)c2ccccc2-c2ccc(N(c3ccc(-c4ccc5c(c4)-c4ccccc4C54C5CC6CC(C5)CC4C6)cc3)c3ccc4c(c3)C(C)(C)c3ccccc3-4)cc21.CC1(C)c2ccccc2-c2ccc(N(c3ccccc3)c3ccc(-c4ccc5c(c4)-c4ccccc4C54C5CC6CC(C5)CC4C6)cc3)cc21. The number of fused-ring (bicyclic) bond motifs is 15. The molecule has 13 aromatic rings. The molecule has 0 amide bonds. The van der Waals surface area contributed by atoms with E-state index in [1.54, 1.807) is 22.3 Å². The van der Waals surface area contributed by atoms with Gasteiger partial charge in [0.15, 0.2) is 0 Å². The van der Waals surface area contributed by atoms with Gasteiger partial charge in [-0.25, -0.2) is 0 Å². The average Bonchev–Trinajstić information content (AvgIpc) is 1.56. The number of hydrogen-bond donors (Lipinski definition) is 0. The van der Waals surface area contributed by atoms with Gasteiger partial charge in [0.05, 0.1) is 0 Å². The summed E-state index contributed by atoms with van der Waals surface area (Å²) >= 11 is 0. The van der Waals surface area contributed by atoms with Crippen LogP contribution in [0.2, 0.25) is 0 Å². The van der Waals surface area contributed by atoms with Gasteiger partial charge in [-0.1, -0.05) is 248 Å². The third-order valence-corrected chi connectivity index (χ3v) is 30.5. The summed E-state index contributed by atoms with van der Waals surface area (Å²) in [6.45, 7) is 14.3. The van der Waals surface area contributed by atoms with Gasteiger partial charge in [0.25, 0.3) is 0 Å². The predicted molar refractivity (Wildman–Crippen MR) is 452 cm³/mol. The second-order valence-corrected chi connectivity index (χ2v) is 36.8. The molecule has 2 nitrogen and oxygen atoms in total. The second kappa shape index (κ2) is 23.3. The van der Waals surface area contributed by atoms with Gasteiger partial charge >= 0.3 is 0 Å². The van der Waals surface area contributed by atoms with Crippen molar-refractivity contribution in [3.63, 3.8) is 0 Å². The summed E-state index contributed by atoms with van der Waals surface area (Å²) in [5, 5.41) is 0. The maximum absolute atomic E-state index is 2.56. The van der Waals surface area contributed by atoms with Crippen molar-refractivity contribution >= 4 is 34.1 Å². The predicted octanol–water partition coefficient (Wildman–Crippen LogP) is 28.0. The van der Waals surface area contributed by atoms with Gasteiger partial charge in [0, 0.05) is 61.2 Å². The first-order chi connectivity index (χ1) is 53.2. The van der Waals surface area contributed by atoms with Crippen LogP contribution in [0.25, 0.3) is 77.9 Å². The Morgan fingerprint density at radius 3 is 0.780 bits per heavy atom. The van der Waals surface area contributed by atoms with Crippen molar-refractivity contribution in [3.8, 4) is 77.9 Å². The minimum absolute atomic E-state index is 0.0461. The van der Waals surface area contributed by atoms with E-state index >= 15 is 0 Å². The highest BCUT2D eigenvalue weighted by molar-refractivity contribution is 5.93. The van der Waals surface area contributed by atoms with Crippen molar-refractivity contribution in [2.75, 3.05) is 9.80 Å². The van der Waals surface area contributed by atoms with Crippen LogP contribution < -0.4 is 9.80 Å². The first-order valence-corrected chi connectivity index (χ1v) is 41.3. The average molecular weight is 1410 g/mol. The van der Waals surface area contributed by atoms with Crippen molar-refractivity contribution in [3.05, 3.63) is 347 Å². The molecule has 8 saturated carbocycles. The first-order valence-electron chi connectivity index (χ1n) is 41.3. The van der Waals surface area contributed by atoms with Gasteiger partial charge in [-0.2, -0.15) is 0 Å². The summed E-state index contributed by atoms with van der Waals surface area (Å²) in [6.07, 6.45) is 14.4. The summed E-state index contributed by atoms with van der Waals surface area (Å²) in [5.74, 6) is 7.01. The lowest BCUT2D eigenvalue weighted by Crippen LogP contribution is -2.55. The van der Waals surface area contributed by atoms with E-state index in [4.69, 9.17) is 0 Å². The topological polar surface area (TPSA) is 6.48 Å². The molecule has 0 aliphatic heterocycles. The third kappa shape index (κ3) is 9.04. The van der Waals surface area contributed by atoms with Gasteiger partial charge in [0.2, 0.25) is 0 Å². The molecule has 109 heavy (non-hydrogen) atoms. The van der Waals surface area contributed by atoms with Gasteiger partial charge in [-0.15, -0.1) is 0 Å². The maximum atomic E-state index is 2.56. The molecular weight excluding hydrogens is 1310 g/mol. The van der Waals surface area contributed by atoms with E-state index in [2.05, 4.69) is 343 Å². The van der Waals surface area contributed by atoms with Crippen LogP contribution in [0.5, 0.6) is 0 Å². The Morgan fingerprint density at radius 1 is 0.193 bits per heavy atom. The van der Waals surface area contributed by atoms with Crippen molar-refractivity contribution in [2.24, 2.45) is 47.3 Å². The minimum atomic E-state index is -0.0829. The monoisotopic (exact) mass is 1410 g/mol. The lowest BCUT2D eigenvalue weighted by Gasteiger charge is -2.61. The first kappa shape index (κ1) is 64.5. The Hall–Kier alpha value is -10.5. The minimum Gasteiger partial charge on any atom is -0.310 e. The van der Waals surface area contributed by atoms with Crippen molar-refractivity contribution < 1.29 is 0 Å². The van der Waals surface area contributed by atoms with Crippen LogP contribution in [0.1, 0.15) is 161 Å². The second-order valence-electron chi connectivity index (χ2n) is 36.8. The Kier molecular flexibility index (Phi) is 13.8. The lowest BCUT2D eigenvalue weighted by atomic mass is 9.43. The summed E-state index contributed by atoms with van der Waals surface area (Å²) in [5.41, 5.74) is 41.5. The van der Waals surface area contributed by atoms with Gasteiger partial charge in [-0.3, -0.25) is 0 Å². The summed E-state index contributed by atoms with van der Waals surface area (Å²) < 4.78 is 0. The van der Waals surface area contributed by atoms with E-state index < -0.39 is 0 Å². The molecule has 2 heteroatoms. The van der Waals surface area contributed by atoms with E-state index in [0.717, 1.165) is 47.3 Å². The molecule has 0 radical (unpaired) electrons. The molecule has 532 valence electrons. The summed E-state index contributed by atoms with van der Waals surface area (Å²) in [7, 11) is 0. The summed E-state index contributed by atoms with van der Waals surface area (Å²) in [4.78, 5) is 4.91. The highest BCUT2D eigenvalue weighted by Crippen LogP contribution is 2.72.